The summed E-state index contributed by atoms with van der Waals surface area (Å²) >= 11 is 1.67. The van der Waals surface area contributed by atoms with Crippen molar-refractivity contribution >= 4 is 11.8 Å². The van der Waals surface area contributed by atoms with E-state index < -0.39 is 0 Å². The first-order chi connectivity index (χ1) is 15.0. The van der Waals surface area contributed by atoms with E-state index in [0.717, 1.165) is 33.7 Å². The quantitative estimate of drug-likeness (QED) is 0.327. The van der Waals surface area contributed by atoms with Gasteiger partial charge in [0, 0.05) is 17.0 Å². The third kappa shape index (κ3) is 4.83. The van der Waals surface area contributed by atoms with Crippen LogP contribution in [0.15, 0.2) is 84.0 Å². The Hall–Kier alpha value is -3.05. The second-order valence-electron chi connectivity index (χ2n) is 8.44. The van der Waals surface area contributed by atoms with Crippen molar-refractivity contribution in [1.29, 1.82) is 0 Å². The molecule has 0 saturated heterocycles. The van der Waals surface area contributed by atoms with Crippen molar-refractivity contribution in [1.82, 2.24) is 14.8 Å². The van der Waals surface area contributed by atoms with Gasteiger partial charge >= 0.3 is 0 Å². The number of rotatable bonds is 6. The number of benzene rings is 3. The van der Waals surface area contributed by atoms with E-state index in [9.17, 15) is 0 Å². The summed E-state index contributed by atoms with van der Waals surface area (Å²) in [4.78, 5) is 0. The minimum Gasteiger partial charge on any atom is -0.497 e. The molecule has 0 aliphatic rings. The highest BCUT2D eigenvalue weighted by Gasteiger charge is 2.18. The maximum Gasteiger partial charge on any atom is 0.196 e. The lowest BCUT2D eigenvalue weighted by Crippen LogP contribution is -2.10. The Labute approximate surface area is 188 Å². The van der Waals surface area contributed by atoms with E-state index >= 15 is 0 Å². The van der Waals surface area contributed by atoms with Crippen LogP contribution in [0.4, 0.5) is 0 Å². The molecule has 0 aliphatic heterocycles. The summed E-state index contributed by atoms with van der Waals surface area (Å²) < 4.78 is 7.49. The smallest absolute Gasteiger partial charge is 0.196 e. The number of aromatic nitrogens is 3. The van der Waals surface area contributed by atoms with E-state index in [1.54, 1.807) is 18.9 Å². The van der Waals surface area contributed by atoms with E-state index in [1.807, 2.05) is 30.3 Å². The SMILES string of the molecule is COc1cccc(CSc2nnc(-c3ccc(C(C)(C)C)cc3)n2-c2ccccc2)c1. The Balaban J connectivity index is 1.69. The van der Waals surface area contributed by atoms with E-state index in [1.165, 1.54) is 11.1 Å². The van der Waals surface area contributed by atoms with Gasteiger partial charge in [-0.1, -0.05) is 87.1 Å². The van der Waals surface area contributed by atoms with Gasteiger partial charge in [-0.05, 0) is 40.8 Å². The molecule has 3 aromatic carbocycles. The highest BCUT2D eigenvalue weighted by atomic mass is 32.2. The van der Waals surface area contributed by atoms with Crippen LogP contribution in [0, 0.1) is 0 Å². The normalized spacial score (nSPS) is 11.5. The number of thioether (sulfide) groups is 1. The highest BCUT2D eigenvalue weighted by molar-refractivity contribution is 7.98. The summed E-state index contributed by atoms with van der Waals surface area (Å²) in [5.74, 6) is 2.49. The summed E-state index contributed by atoms with van der Waals surface area (Å²) in [6.07, 6.45) is 0. The van der Waals surface area contributed by atoms with Gasteiger partial charge in [-0.25, -0.2) is 0 Å². The number of hydrogen-bond acceptors (Lipinski definition) is 4. The molecule has 4 aromatic rings. The van der Waals surface area contributed by atoms with Crippen LogP contribution in [0.2, 0.25) is 0 Å². The van der Waals surface area contributed by atoms with Gasteiger partial charge in [0.05, 0.1) is 7.11 Å². The molecule has 31 heavy (non-hydrogen) atoms. The van der Waals surface area contributed by atoms with Gasteiger partial charge in [-0.2, -0.15) is 0 Å². The zero-order chi connectivity index (χ0) is 21.8. The van der Waals surface area contributed by atoms with Crippen LogP contribution in [-0.2, 0) is 11.2 Å². The predicted molar refractivity (Wildman–Crippen MR) is 128 cm³/mol. The third-order valence-corrected chi connectivity index (χ3v) is 6.16. The first-order valence-corrected chi connectivity index (χ1v) is 11.3. The molecule has 158 valence electrons. The van der Waals surface area contributed by atoms with Gasteiger partial charge in [0.25, 0.3) is 0 Å². The molecule has 0 N–H and O–H groups in total. The summed E-state index contributed by atoms with van der Waals surface area (Å²) in [6, 6.07) is 27.1. The first-order valence-electron chi connectivity index (χ1n) is 10.3. The van der Waals surface area contributed by atoms with Crippen molar-refractivity contribution in [2.75, 3.05) is 7.11 Å². The van der Waals surface area contributed by atoms with Gasteiger partial charge in [-0.3, -0.25) is 4.57 Å². The molecule has 0 saturated carbocycles. The van der Waals surface area contributed by atoms with Gasteiger partial charge in [0.15, 0.2) is 11.0 Å². The van der Waals surface area contributed by atoms with Gasteiger partial charge < -0.3 is 4.74 Å². The zero-order valence-corrected chi connectivity index (χ0v) is 19.2. The number of nitrogens with zero attached hydrogens (tertiary/aromatic N) is 3. The van der Waals surface area contributed by atoms with E-state index in [2.05, 4.69) is 84.1 Å². The van der Waals surface area contributed by atoms with Crippen molar-refractivity contribution in [3.63, 3.8) is 0 Å². The molecule has 0 fully saturated rings. The average molecular weight is 430 g/mol. The number of ether oxygens (including phenoxy) is 1. The molecule has 0 bridgehead atoms. The van der Waals surface area contributed by atoms with Crippen molar-refractivity contribution in [2.24, 2.45) is 0 Å². The fourth-order valence-corrected chi connectivity index (χ4v) is 4.28. The van der Waals surface area contributed by atoms with Crippen molar-refractivity contribution in [2.45, 2.75) is 37.1 Å². The van der Waals surface area contributed by atoms with Crippen molar-refractivity contribution < 1.29 is 4.74 Å². The number of hydrogen-bond donors (Lipinski definition) is 0. The summed E-state index contributed by atoms with van der Waals surface area (Å²) in [6.45, 7) is 6.67. The van der Waals surface area contributed by atoms with E-state index in [0.29, 0.717) is 0 Å². The maximum absolute atomic E-state index is 5.35. The molecule has 0 aliphatic carbocycles. The Kier molecular flexibility index (Phi) is 6.14. The lowest BCUT2D eigenvalue weighted by molar-refractivity contribution is 0.414. The molecular weight excluding hydrogens is 402 g/mol. The van der Waals surface area contributed by atoms with Gasteiger partial charge in [0.2, 0.25) is 0 Å². The molecule has 0 spiro atoms. The van der Waals surface area contributed by atoms with Crippen LogP contribution >= 0.6 is 11.8 Å². The lowest BCUT2D eigenvalue weighted by atomic mass is 9.87. The molecule has 0 amide bonds. The minimum absolute atomic E-state index is 0.114. The molecule has 5 heteroatoms. The fourth-order valence-electron chi connectivity index (χ4n) is 3.39. The molecule has 1 heterocycles. The van der Waals surface area contributed by atoms with Crippen LogP contribution in [0.1, 0.15) is 31.9 Å². The molecular formula is C26H27N3OS. The topological polar surface area (TPSA) is 39.9 Å². The van der Waals surface area contributed by atoms with Crippen molar-refractivity contribution in [3.05, 3.63) is 90.0 Å². The number of para-hydroxylation sites is 1. The summed E-state index contributed by atoms with van der Waals surface area (Å²) in [7, 11) is 1.69. The highest BCUT2D eigenvalue weighted by Crippen LogP contribution is 2.31. The molecule has 1 aromatic heterocycles. The molecule has 0 unspecified atom stereocenters. The fraction of sp³-hybridized carbons (Fsp3) is 0.231. The van der Waals surface area contributed by atoms with Crippen LogP contribution in [0.3, 0.4) is 0 Å². The van der Waals surface area contributed by atoms with Crippen LogP contribution < -0.4 is 4.74 Å². The number of methoxy groups -OCH3 is 1. The Bertz CT molecular complexity index is 1150. The Morgan fingerprint density at radius 3 is 2.29 bits per heavy atom. The molecule has 0 atom stereocenters. The second kappa shape index (κ2) is 8.98. The standard InChI is InChI=1S/C26H27N3OS/c1-26(2,3)21-15-13-20(14-16-21)24-27-28-25(29(24)22-10-6-5-7-11-22)31-18-19-9-8-12-23(17-19)30-4/h5-17H,18H2,1-4H3. The van der Waals surface area contributed by atoms with E-state index in [4.69, 9.17) is 4.74 Å². The van der Waals surface area contributed by atoms with E-state index in [-0.39, 0.29) is 5.41 Å². The first kappa shape index (κ1) is 21.2. The molecule has 4 nitrogen and oxygen atoms in total. The third-order valence-electron chi connectivity index (χ3n) is 5.16. The summed E-state index contributed by atoms with van der Waals surface area (Å²) in [5, 5.41) is 9.98. The minimum atomic E-state index is 0.114. The van der Waals surface area contributed by atoms with Crippen LogP contribution in [0.25, 0.3) is 17.1 Å². The molecule has 4 rings (SSSR count). The lowest BCUT2D eigenvalue weighted by Gasteiger charge is -2.19. The largest absolute Gasteiger partial charge is 0.497 e. The Morgan fingerprint density at radius 2 is 1.61 bits per heavy atom. The predicted octanol–water partition coefficient (Wildman–Crippen LogP) is 6.53. The Morgan fingerprint density at radius 1 is 0.871 bits per heavy atom. The molecule has 0 radical (unpaired) electrons. The van der Waals surface area contributed by atoms with Crippen LogP contribution in [0.5, 0.6) is 5.75 Å². The summed E-state index contributed by atoms with van der Waals surface area (Å²) in [5.41, 5.74) is 4.70. The zero-order valence-electron chi connectivity index (χ0n) is 18.4. The van der Waals surface area contributed by atoms with Gasteiger partial charge in [0.1, 0.15) is 5.75 Å². The van der Waals surface area contributed by atoms with Gasteiger partial charge in [-0.15, -0.1) is 10.2 Å². The van der Waals surface area contributed by atoms with Crippen molar-refractivity contribution in [3.8, 4) is 22.8 Å². The maximum atomic E-state index is 5.35. The average Bonchev–Trinajstić information content (AvgIpc) is 3.22. The second-order valence-corrected chi connectivity index (χ2v) is 9.39. The van der Waals surface area contributed by atoms with Crippen LogP contribution in [-0.4, -0.2) is 21.9 Å². The monoisotopic (exact) mass is 429 g/mol.